The summed E-state index contributed by atoms with van der Waals surface area (Å²) < 4.78 is 0. The molecule has 3 aliphatic heterocycles. The average Bonchev–Trinajstić information content (AvgIpc) is 3.84. The zero-order chi connectivity index (χ0) is 41.2. The molecule has 3 heterocycles. The zero-order valence-electron chi connectivity index (χ0n) is 30.4. The Morgan fingerprint density at radius 2 is 1.07 bits per heavy atom. The first-order chi connectivity index (χ1) is 27.2. The van der Waals surface area contributed by atoms with E-state index in [0.717, 1.165) is 0 Å². The van der Waals surface area contributed by atoms with Crippen LogP contribution in [-0.2, 0) is 41.6 Å². The van der Waals surface area contributed by atoms with E-state index in [9.17, 15) is 49.2 Å². The number of nitrogens with two attached hydrogens (primary N) is 2. The van der Waals surface area contributed by atoms with Gasteiger partial charge in [-0.1, -0.05) is 42.5 Å². The number of aliphatic imine (C=N–C) groups is 2. The molecule has 22 nitrogen and oxygen atoms in total. The Hall–Kier alpha value is -6.52. The summed E-state index contributed by atoms with van der Waals surface area (Å²) in [5.41, 5.74) is 12.5. The molecule has 0 aliphatic carbocycles. The number of carbonyl (C=O) groups excluding carboxylic acids is 6. The van der Waals surface area contributed by atoms with E-state index in [4.69, 9.17) is 11.5 Å². The number of phenols is 1. The Kier molecular flexibility index (Phi) is 13.8. The van der Waals surface area contributed by atoms with Gasteiger partial charge in [0.1, 0.15) is 48.2 Å². The predicted molar refractivity (Wildman–Crippen MR) is 201 cm³/mol. The summed E-state index contributed by atoms with van der Waals surface area (Å²) in [4.78, 5) is 90.5. The van der Waals surface area contributed by atoms with Crippen LogP contribution < -0.4 is 54.0 Å². The fourth-order valence-corrected chi connectivity index (χ4v) is 6.32. The van der Waals surface area contributed by atoms with E-state index in [2.05, 4.69) is 52.5 Å². The number of aromatic hydroxyl groups is 1. The molecular weight excluding hydrogens is 748 g/mol. The molecule has 1 fully saturated rings. The van der Waals surface area contributed by atoms with Crippen molar-refractivity contribution in [2.75, 3.05) is 26.2 Å². The monoisotopic (exact) mass is 794 g/mol. The molecule has 2 aromatic rings. The summed E-state index contributed by atoms with van der Waals surface area (Å²) in [6.45, 7) is -1.97. The molecule has 0 spiro atoms. The van der Waals surface area contributed by atoms with E-state index >= 15 is 0 Å². The maximum absolute atomic E-state index is 14.3. The minimum absolute atomic E-state index is 0.0655. The number of amides is 6. The summed E-state index contributed by atoms with van der Waals surface area (Å²) in [6, 6.07) is 3.81. The highest BCUT2D eigenvalue weighted by Crippen LogP contribution is 2.14. The quantitative estimate of drug-likeness (QED) is 0.112. The van der Waals surface area contributed by atoms with Crippen molar-refractivity contribution in [3.8, 4) is 5.75 Å². The van der Waals surface area contributed by atoms with Crippen molar-refractivity contribution < 1.29 is 49.2 Å². The Morgan fingerprint density at radius 1 is 0.596 bits per heavy atom. The van der Waals surface area contributed by atoms with Gasteiger partial charge in [0.2, 0.25) is 35.4 Å². The SMILES string of the molecule is NC1=NCC(C(O)[C@@H]2NC(=O)[C@H](Cc3ccc(O)cc3)NC(=O)[C@H](Cc3ccccc3)NC(=O)CNC(=O)[C@H](CO)NC(=O)[C@H](C(O)C3CN=C(N)N3)NC2=O)N1. The second-order valence-electron chi connectivity index (χ2n) is 13.6. The Bertz CT molecular complexity index is 1860. The number of nitrogens with zero attached hydrogens (tertiary/aromatic N) is 2. The molecule has 0 radical (unpaired) electrons. The van der Waals surface area contributed by atoms with Crippen molar-refractivity contribution >= 4 is 47.4 Å². The third-order valence-corrected chi connectivity index (χ3v) is 9.43. The number of hydrogen-bond donors (Lipinski definition) is 14. The maximum atomic E-state index is 14.3. The molecule has 0 saturated carbocycles. The molecule has 5 rings (SSSR count). The Morgan fingerprint density at radius 3 is 1.60 bits per heavy atom. The largest absolute Gasteiger partial charge is 0.508 e. The third kappa shape index (κ3) is 11.0. The molecule has 9 atom stereocenters. The zero-order valence-corrected chi connectivity index (χ0v) is 30.4. The lowest BCUT2D eigenvalue weighted by molar-refractivity contribution is -0.139. The minimum Gasteiger partial charge on any atom is -0.508 e. The van der Waals surface area contributed by atoms with Gasteiger partial charge in [-0.15, -0.1) is 0 Å². The van der Waals surface area contributed by atoms with Crippen LogP contribution in [0, 0.1) is 0 Å². The highest BCUT2D eigenvalue weighted by atomic mass is 16.3. The fourth-order valence-electron chi connectivity index (χ4n) is 6.32. The molecule has 22 heteroatoms. The first-order valence-corrected chi connectivity index (χ1v) is 17.9. The van der Waals surface area contributed by atoms with Gasteiger partial charge in [-0.2, -0.15) is 0 Å². The highest BCUT2D eigenvalue weighted by Gasteiger charge is 2.43. The van der Waals surface area contributed by atoms with Crippen LogP contribution in [0.5, 0.6) is 5.75 Å². The number of aliphatic hydroxyl groups excluding tert-OH is 3. The first kappa shape index (κ1) is 41.6. The van der Waals surface area contributed by atoms with Gasteiger partial charge >= 0.3 is 0 Å². The van der Waals surface area contributed by atoms with E-state index in [1.807, 2.05) is 0 Å². The van der Waals surface area contributed by atoms with Gasteiger partial charge in [0.05, 0.1) is 38.3 Å². The molecule has 2 aromatic carbocycles. The van der Waals surface area contributed by atoms with Crippen molar-refractivity contribution in [1.29, 1.82) is 0 Å². The topological polar surface area (TPSA) is 356 Å². The van der Waals surface area contributed by atoms with Gasteiger partial charge < -0.3 is 74.4 Å². The van der Waals surface area contributed by atoms with Crippen LogP contribution in [0.25, 0.3) is 0 Å². The normalized spacial score (nSPS) is 27.6. The Balaban J connectivity index is 1.54. The summed E-state index contributed by atoms with van der Waals surface area (Å²) in [5, 5.41) is 62.7. The number of rotatable bonds is 9. The van der Waals surface area contributed by atoms with Crippen LogP contribution in [0.3, 0.4) is 0 Å². The molecule has 3 aliphatic rings. The summed E-state index contributed by atoms with van der Waals surface area (Å²) in [7, 11) is 0. The van der Waals surface area contributed by atoms with E-state index < -0.39 is 103 Å². The molecule has 16 N–H and O–H groups in total. The van der Waals surface area contributed by atoms with Crippen LogP contribution in [0.4, 0.5) is 0 Å². The third-order valence-electron chi connectivity index (χ3n) is 9.43. The lowest BCUT2D eigenvalue weighted by Crippen LogP contribution is -2.67. The summed E-state index contributed by atoms with van der Waals surface area (Å²) in [6.07, 6.45) is -3.90. The maximum Gasteiger partial charge on any atom is 0.246 e. The summed E-state index contributed by atoms with van der Waals surface area (Å²) in [5.74, 6) is -6.32. The molecule has 4 unspecified atom stereocenters. The van der Waals surface area contributed by atoms with Gasteiger partial charge in [0.15, 0.2) is 11.9 Å². The van der Waals surface area contributed by atoms with E-state index in [1.54, 1.807) is 30.3 Å². The van der Waals surface area contributed by atoms with Crippen molar-refractivity contribution in [3.63, 3.8) is 0 Å². The molecule has 57 heavy (non-hydrogen) atoms. The smallest absolute Gasteiger partial charge is 0.246 e. The second-order valence-corrected chi connectivity index (χ2v) is 13.6. The number of guanidine groups is 2. The van der Waals surface area contributed by atoms with Crippen molar-refractivity contribution in [3.05, 3.63) is 65.7 Å². The molecule has 0 aromatic heterocycles. The van der Waals surface area contributed by atoms with Crippen LogP contribution in [0.15, 0.2) is 64.6 Å². The van der Waals surface area contributed by atoms with Crippen molar-refractivity contribution in [1.82, 2.24) is 42.5 Å². The number of aliphatic hydroxyl groups is 3. The van der Waals surface area contributed by atoms with Gasteiger partial charge in [-0.05, 0) is 23.3 Å². The van der Waals surface area contributed by atoms with Crippen LogP contribution in [-0.4, -0.2) is 149 Å². The molecular formula is C35H46N12O10. The van der Waals surface area contributed by atoms with Gasteiger partial charge in [-0.25, -0.2) is 0 Å². The molecule has 6 amide bonds. The fraction of sp³-hybridized carbons (Fsp3) is 0.429. The number of hydrogen-bond acceptors (Lipinski definition) is 16. The minimum atomic E-state index is -1.93. The van der Waals surface area contributed by atoms with Crippen molar-refractivity contribution in [2.45, 2.75) is 67.3 Å². The van der Waals surface area contributed by atoms with Crippen molar-refractivity contribution in [2.24, 2.45) is 21.5 Å². The van der Waals surface area contributed by atoms with Gasteiger partial charge in [0, 0.05) is 12.8 Å². The van der Waals surface area contributed by atoms with Crippen LogP contribution in [0.2, 0.25) is 0 Å². The molecule has 1 saturated heterocycles. The Labute approximate surface area is 325 Å². The standard InChI is InChI=1S/C35H46N12O10/c36-34-39-12-21(44-34)27(51)25-32(56)43-23(15-48)29(53)38-14-24(50)41-19(10-16-4-2-1-3-5-16)30(54)42-20(11-17-6-8-18(49)9-7-17)31(55)46-26(33(57)47-25)28(52)22-13-40-35(37)45-22/h1-9,19-23,25-28,48-49,51-52H,10-15H2,(H,38,53)(H,41,50)(H,42,54)(H,43,56)(H,46,55)(H,47,57)(H3,36,39,44)(H3,37,40,45)/t19-,20-,21?,22?,23-,25-,26-,27?,28?/m0/s1. The first-order valence-electron chi connectivity index (χ1n) is 17.9. The van der Waals surface area contributed by atoms with Crippen LogP contribution in [0.1, 0.15) is 11.1 Å². The number of nitrogens with one attached hydrogen (secondary N) is 8. The number of phenolic OH excluding ortho intramolecular Hbond substituents is 1. The number of benzene rings is 2. The van der Waals surface area contributed by atoms with Crippen LogP contribution >= 0.6 is 0 Å². The average molecular weight is 795 g/mol. The van der Waals surface area contributed by atoms with E-state index in [0.29, 0.717) is 11.1 Å². The van der Waals surface area contributed by atoms with E-state index in [-0.39, 0.29) is 43.6 Å². The highest BCUT2D eigenvalue weighted by molar-refractivity contribution is 5.98. The lowest BCUT2D eigenvalue weighted by atomic mass is 9.98. The predicted octanol–water partition coefficient (Wildman–Crippen LogP) is -6.98. The lowest BCUT2D eigenvalue weighted by Gasteiger charge is -2.33. The molecule has 0 bridgehead atoms. The van der Waals surface area contributed by atoms with Gasteiger partial charge in [-0.3, -0.25) is 38.8 Å². The molecule has 306 valence electrons. The number of carbonyl (C=O) groups is 6. The van der Waals surface area contributed by atoms with Gasteiger partial charge in [0.25, 0.3) is 0 Å². The van der Waals surface area contributed by atoms with E-state index in [1.165, 1.54) is 24.3 Å². The summed E-state index contributed by atoms with van der Waals surface area (Å²) >= 11 is 0. The second kappa shape index (κ2) is 18.9.